The Morgan fingerprint density at radius 2 is 0.906 bits per heavy atom. The fourth-order valence-corrected chi connectivity index (χ4v) is 9.80. The molecule has 0 aliphatic rings. The highest BCUT2D eigenvalue weighted by atomic mass is 16.3. The van der Waals surface area contributed by atoms with Gasteiger partial charge in [0.05, 0.1) is 16.7 Å². The molecule has 0 atom stereocenters. The number of benzene rings is 9. The van der Waals surface area contributed by atoms with Crippen LogP contribution in [0.25, 0.3) is 139 Å². The number of rotatable bonds is 5. The van der Waals surface area contributed by atoms with Gasteiger partial charge in [0.25, 0.3) is 0 Å². The zero-order valence-electron chi connectivity index (χ0n) is 34.0. The van der Waals surface area contributed by atoms with Gasteiger partial charge in [-0.25, -0.2) is 15.0 Å². The molecule has 9 aromatic carbocycles. The second-order valence-corrected chi connectivity index (χ2v) is 16.3. The van der Waals surface area contributed by atoms with Crippen molar-refractivity contribution in [2.75, 3.05) is 0 Å². The van der Waals surface area contributed by atoms with Crippen molar-refractivity contribution in [3.8, 4) is 51.0 Å². The number of furan rings is 3. The molecule has 298 valence electrons. The monoisotopic (exact) mass is 820 g/mol. The van der Waals surface area contributed by atoms with Crippen molar-refractivity contribution in [3.05, 3.63) is 194 Å². The summed E-state index contributed by atoms with van der Waals surface area (Å²) in [4.78, 5) is 15.4. The molecule has 0 unspecified atom stereocenters. The summed E-state index contributed by atoms with van der Waals surface area (Å²) in [6.07, 6.45) is 0. The van der Waals surface area contributed by atoms with Gasteiger partial charge in [0.15, 0.2) is 23.1 Å². The van der Waals surface area contributed by atoms with Gasteiger partial charge >= 0.3 is 0 Å². The van der Waals surface area contributed by atoms with Crippen LogP contribution in [0, 0.1) is 0 Å². The maximum Gasteiger partial charge on any atom is 0.164 e. The van der Waals surface area contributed by atoms with Crippen LogP contribution in [0.2, 0.25) is 0 Å². The summed E-state index contributed by atoms with van der Waals surface area (Å²) in [5.41, 5.74) is 12.7. The van der Waals surface area contributed by atoms with Gasteiger partial charge in [0.2, 0.25) is 0 Å². The van der Waals surface area contributed by atoms with Crippen LogP contribution < -0.4 is 0 Å². The highest BCUT2D eigenvalue weighted by Crippen LogP contribution is 2.45. The van der Waals surface area contributed by atoms with Crippen LogP contribution in [0.3, 0.4) is 0 Å². The highest BCUT2D eigenvalue weighted by molar-refractivity contribution is 6.18. The zero-order chi connectivity index (χ0) is 41.9. The fourth-order valence-electron chi connectivity index (χ4n) is 9.80. The lowest BCUT2D eigenvalue weighted by Gasteiger charge is -2.12. The topological polar surface area (TPSA) is 83.0 Å². The smallest absolute Gasteiger partial charge is 0.164 e. The summed E-state index contributed by atoms with van der Waals surface area (Å²) in [5.74, 6) is 1.67. The van der Waals surface area contributed by atoms with Gasteiger partial charge in [-0.3, -0.25) is 0 Å². The molecule has 0 radical (unpaired) electrons. The molecule has 64 heavy (non-hydrogen) atoms. The first-order valence-electron chi connectivity index (χ1n) is 21.3. The molecule has 0 aliphatic heterocycles. The Balaban J connectivity index is 0.978. The number of hydrogen-bond donors (Lipinski definition) is 0. The lowest BCUT2D eigenvalue weighted by molar-refractivity contribution is 0.666. The van der Waals surface area contributed by atoms with E-state index in [1.165, 1.54) is 10.8 Å². The molecular formula is C57H32N4O3. The Kier molecular flexibility index (Phi) is 7.27. The van der Waals surface area contributed by atoms with Crippen LogP contribution in [0.5, 0.6) is 0 Å². The molecule has 0 bridgehead atoms. The minimum absolute atomic E-state index is 0.547. The summed E-state index contributed by atoms with van der Waals surface area (Å²) in [5, 5.41) is 8.52. The molecule has 5 heterocycles. The summed E-state index contributed by atoms with van der Waals surface area (Å²) < 4.78 is 22.1. The molecule has 14 aromatic rings. The molecule has 0 saturated carbocycles. The first-order chi connectivity index (χ1) is 31.7. The van der Waals surface area contributed by atoms with Crippen molar-refractivity contribution in [2.45, 2.75) is 0 Å². The van der Waals surface area contributed by atoms with Gasteiger partial charge in [0.1, 0.15) is 27.9 Å². The highest BCUT2D eigenvalue weighted by Gasteiger charge is 2.23. The van der Waals surface area contributed by atoms with Crippen molar-refractivity contribution < 1.29 is 13.3 Å². The van der Waals surface area contributed by atoms with Crippen LogP contribution in [-0.4, -0.2) is 19.5 Å². The van der Waals surface area contributed by atoms with Crippen molar-refractivity contribution in [1.29, 1.82) is 0 Å². The normalized spacial score (nSPS) is 12.1. The van der Waals surface area contributed by atoms with Crippen LogP contribution in [-0.2, 0) is 0 Å². The van der Waals surface area contributed by atoms with E-state index in [4.69, 9.17) is 28.2 Å². The first kappa shape index (κ1) is 34.9. The zero-order valence-corrected chi connectivity index (χ0v) is 34.0. The maximum absolute atomic E-state index is 6.85. The van der Waals surface area contributed by atoms with Gasteiger partial charge in [-0.15, -0.1) is 0 Å². The van der Waals surface area contributed by atoms with Gasteiger partial charge in [0, 0.05) is 59.8 Å². The second-order valence-electron chi connectivity index (χ2n) is 16.3. The van der Waals surface area contributed by atoms with E-state index in [1.54, 1.807) is 0 Å². The first-order valence-corrected chi connectivity index (χ1v) is 21.3. The standard InChI is InChI=1S/C57H32N4O3/c1-2-13-33(14-3-1)55-58-56(35-25-27-40-39-17-6-10-22-47(39)63-51(40)32-35)60-57(59-55)42-19-12-24-50-52(42)43-31-34(26-30-49(43)62-50)36-28-29-46(54-53(36)41-18-7-11-23-48(41)64-54)61-44-20-8-4-15-37(44)38-16-5-9-21-45(38)61/h1-32H. The second kappa shape index (κ2) is 13.3. The van der Waals surface area contributed by atoms with E-state index in [-0.39, 0.29) is 0 Å². The average Bonchev–Trinajstić information content (AvgIpc) is 4.13. The molecule has 0 saturated heterocycles. The van der Waals surface area contributed by atoms with Gasteiger partial charge in [-0.2, -0.15) is 0 Å². The minimum Gasteiger partial charge on any atom is -0.456 e. The number of fused-ring (bicyclic) bond motifs is 12. The van der Waals surface area contributed by atoms with Crippen molar-refractivity contribution in [1.82, 2.24) is 19.5 Å². The number of para-hydroxylation sites is 4. The molecule has 0 spiro atoms. The summed E-state index contributed by atoms with van der Waals surface area (Å²) in [6.45, 7) is 0. The Morgan fingerprint density at radius 1 is 0.312 bits per heavy atom. The van der Waals surface area contributed by atoms with Crippen LogP contribution in [0.15, 0.2) is 207 Å². The molecule has 7 nitrogen and oxygen atoms in total. The quantitative estimate of drug-likeness (QED) is 0.172. The van der Waals surface area contributed by atoms with Crippen molar-refractivity contribution in [3.63, 3.8) is 0 Å². The van der Waals surface area contributed by atoms with Crippen LogP contribution >= 0.6 is 0 Å². The largest absolute Gasteiger partial charge is 0.456 e. The molecule has 5 aromatic heterocycles. The van der Waals surface area contributed by atoms with Gasteiger partial charge in [-0.1, -0.05) is 133 Å². The number of nitrogens with zero attached hydrogens (tertiary/aromatic N) is 4. The van der Waals surface area contributed by atoms with E-state index in [0.717, 1.165) is 110 Å². The number of hydrogen-bond acceptors (Lipinski definition) is 6. The molecule has 0 aliphatic carbocycles. The summed E-state index contributed by atoms with van der Waals surface area (Å²) >= 11 is 0. The molecular weight excluding hydrogens is 789 g/mol. The van der Waals surface area contributed by atoms with E-state index in [2.05, 4.69) is 126 Å². The van der Waals surface area contributed by atoms with E-state index < -0.39 is 0 Å². The predicted molar refractivity (Wildman–Crippen MR) is 258 cm³/mol. The molecule has 7 heteroatoms. The van der Waals surface area contributed by atoms with Gasteiger partial charge < -0.3 is 17.8 Å². The van der Waals surface area contributed by atoms with Crippen LogP contribution in [0.4, 0.5) is 0 Å². The van der Waals surface area contributed by atoms with E-state index in [0.29, 0.717) is 17.5 Å². The van der Waals surface area contributed by atoms with E-state index in [9.17, 15) is 0 Å². The summed E-state index contributed by atoms with van der Waals surface area (Å²) in [6, 6.07) is 66.7. The van der Waals surface area contributed by atoms with Crippen LogP contribution in [0.1, 0.15) is 0 Å². The Hall–Kier alpha value is -8.81. The lowest BCUT2D eigenvalue weighted by Crippen LogP contribution is -2.00. The molecule has 14 rings (SSSR count). The maximum atomic E-state index is 6.85. The average molecular weight is 821 g/mol. The third-order valence-corrected chi connectivity index (χ3v) is 12.7. The minimum atomic E-state index is 0.547. The Morgan fingerprint density at radius 3 is 1.70 bits per heavy atom. The van der Waals surface area contributed by atoms with E-state index in [1.807, 2.05) is 72.8 Å². The lowest BCUT2D eigenvalue weighted by atomic mass is 9.96. The fraction of sp³-hybridized carbons (Fsp3) is 0. The Labute approximate surface area is 364 Å². The molecule has 0 amide bonds. The van der Waals surface area contributed by atoms with Gasteiger partial charge in [-0.05, 0) is 71.8 Å². The van der Waals surface area contributed by atoms with Crippen molar-refractivity contribution >= 4 is 87.6 Å². The summed E-state index contributed by atoms with van der Waals surface area (Å²) in [7, 11) is 0. The number of aromatic nitrogens is 4. The predicted octanol–water partition coefficient (Wildman–Crippen LogP) is 15.3. The third kappa shape index (κ3) is 5.12. The van der Waals surface area contributed by atoms with Crippen molar-refractivity contribution in [2.24, 2.45) is 0 Å². The van der Waals surface area contributed by atoms with E-state index >= 15 is 0 Å². The molecule has 0 fully saturated rings. The SMILES string of the molecule is c1ccc(-c2nc(-c3ccc4c(c3)oc3ccccc34)nc(-c3cccc4oc5ccc(-c6ccc(-n7c8ccccc8c8ccccc87)c7oc8ccccc8c67)cc5c34)n2)cc1. The third-order valence-electron chi connectivity index (χ3n) is 12.7. The molecule has 0 N–H and O–H groups in total. The Bertz CT molecular complexity index is 4160.